The fourth-order valence-electron chi connectivity index (χ4n) is 1.07. The Kier molecular flexibility index (Phi) is 8.77. The summed E-state index contributed by atoms with van der Waals surface area (Å²) in [5.41, 5.74) is 0.496. The lowest BCUT2D eigenvalue weighted by Crippen LogP contribution is -2.31. The number of halogens is 3. The van der Waals surface area contributed by atoms with Gasteiger partial charge in [-0.1, -0.05) is 6.92 Å². The molecule has 0 bridgehead atoms. The van der Waals surface area contributed by atoms with E-state index in [0.29, 0.717) is 5.56 Å². The van der Waals surface area contributed by atoms with Gasteiger partial charge in [0.25, 0.3) is 5.91 Å². The lowest BCUT2D eigenvalue weighted by atomic mass is 10.2. The third-order valence-electron chi connectivity index (χ3n) is 2.20. The zero-order valence-electron chi connectivity index (χ0n) is 9.60. The Balaban J connectivity index is -0.000000750. The highest BCUT2D eigenvalue weighted by Crippen LogP contribution is 2.12. The van der Waals surface area contributed by atoms with Gasteiger partial charge in [-0.3, -0.25) is 19.1 Å². The van der Waals surface area contributed by atoms with Crippen molar-refractivity contribution in [1.29, 1.82) is 0 Å². The van der Waals surface area contributed by atoms with Gasteiger partial charge in [-0.05, 0) is 37.6 Å². The SMILES string of the molecule is CCC(C)NC(=O)c1ccc(OF)cc1.F.F.[HH]. The van der Waals surface area contributed by atoms with Crippen LogP contribution < -0.4 is 10.3 Å². The smallest absolute Gasteiger partial charge is 0.251 e. The highest BCUT2D eigenvalue weighted by molar-refractivity contribution is 5.94. The van der Waals surface area contributed by atoms with Gasteiger partial charge in [-0.25, -0.2) is 0 Å². The predicted octanol–water partition coefficient (Wildman–Crippen LogP) is 3.03. The van der Waals surface area contributed by atoms with E-state index in [9.17, 15) is 9.32 Å². The van der Waals surface area contributed by atoms with E-state index < -0.39 is 0 Å². The molecule has 1 N–H and O–H groups in total. The molecule has 17 heavy (non-hydrogen) atoms. The minimum atomic E-state index is -0.158. The molecule has 6 heteroatoms. The van der Waals surface area contributed by atoms with Crippen LogP contribution in [0.3, 0.4) is 0 Å². The van der Waals surface area contributed by atoms with E-state index in [-0.39, 0.29) is 28.5 Å². The zero-order chi connectivity index (χ0) is 11.3. The van der Waals surface area contributed by atoms with Crippen molar-refractivity contribution in [3.63, 3.8) is 0 Å². The molecule has 1 rings (SSSR count). The largest absolute Gasteiger partial charge is 0.350 e. The van der Waals surface area contributed by atoms with Gasteiger partial charge in [-0.15, -0.1) is 0 Å². The summed E-state index contributed by atoms with van der Waals surface area (Å²) < 4.78 is 11.7. The van der Waals surface area contributed by atoms with Crippen LogP contribution in [-0.4, -0.2) is 11.9 Å². The van der Waals surface area contributed by atoms with Crippen LogP contribution in [0.2, 0.25) is 0 Å². The Hall–Kier alpha value is -1.72. The van der Waals surface area contributed by atoms with E-state index >= 15 is 0 Å². The molecule has 0 fully saturated rings. The van der Waals surface area contributed by atoms with Crippen LogP contribution in [0.5, 0.6) is 5.75 Å². The molecule has 0 aromatic heterocycles. The first kappa shape index (κ1) is 17.7. The normalized spacial score (nSPS) is 10.5. The second-order valence-electron chi connectivity index (χ2n) is 3.38. The van der Waals surface area contributed by atoms with Gasteiger partial charge in [0, 0.05) is 17.6 Å². The van der Waals surface area contributed by atoms with E-state index in [1.807, 2.05) is 13.8 Å². The first-order chi connectivity index (χ1) is 7.17. The van der Waals surface area contributed by atoms with Gasteiger partial charge in [0.2, 0.25) is 0 Å². The molecule has 1 aromatic rings. The van der Waals surface area contributed by atoms with Crippen LogP contribution in [0.1, 0.15) is 32.1 Å². The summed E-state index contributed by atoms with van der Waals surface area (Å²) in [6.45, 7) is 3.92. The van der Waals surface area contributed by atoms with Crippen LogP contribution in [0.25, 0.3) is 0 Å². The monoisotopic (exact) mass is 253 g/mol. The molecule has 1 unspecified atom stereocenters. The third kappa shape index (κ3) is 5.24. The molecule has 3 nitrogen and oxygen atoms in total. The van der Waals surface area contributed by atoms with Crippen LogP contribution >= 0.6 is 0 Å². The first-order valence-electron chi connectivity index (χ1n) is 4.87. The summed E-state index contributed by atoms with van der Waals surface area (Å²) in [6, 6.07) is 5.99. The number of hydrogen-bond acceptors (Lipinski definition) is 2. The Morgan fingerprint density at radius 1 is 1.41 bits per heavy atom. The predicted molar refractivity (Wildman–Crippen MR) is 62.5 cm³/mol. The van der Waals surface area contributed by atoms with Crippen molar-refractivity contribution in [2.24, 2.45) is 0 Å². The molecular formula is C11H18F3NO2. The van der Waals surface area contributed by atoms with Gasteiger partial charge in [0.1, 0.15) is 0 Å². The maximum absolute atomic E-state index is 11.7. The highest BCUT2D eigenvalue weighted by Gasteiger charge is 2.08. The van der Waals surface area contributed by atoms with Gasteiger partial charge < -0.3 is 5.32 Å². The standard InChI is InChI=1S/C11H14FNO2.2FH.H2/c1-3-8(2)13-11(14)9-4-6-10(15-12)7-5-9;;;/h4-8H,3H2,1-2H3,(H,13,14);3*1H. The second kappa shape index (κ2) is 8.43. The summed E-state index contributed by atoms with van der Waals surface area (Å²) in [7, 11) is 0. The number of carbonyl (C=O) groups excluding carboxylic acids is 1. The van der Waals surface area contributed by atoms with Crippen molar-refractivity contribution in [2.75, 3.05) is 0 Å². The molecule has 100 valence electrons. The number of nitrogens with one attached hydrogen (secondary N) is 1. The number of benzene rings is 1. The van der Waals surface area contributed by atoms with Crippen molar-refractivity contribution in [1.82, 2.24) is 5.32 Å². The first-order valence-corrected chi connectivity index (χ1v) is 4.87. The van der Waals surface area contributed by atoms with Crippen molar-refractivity contribution >= 4 is 5.91 Å². The van der Waals surface area contributed by atoms with E-state index in [0.717, 1.165) is 6.42 Å². The topological polar surface area (TPSA) is 38.3 Å². The van der Waals surface area contributed by atoms with E-state index in [1.165, 1.54) is 24.3 Å². The van der Waals surface area contributed by atoms with E-state index in [2.05, 4.69) is 10.3 Å². The molecule has 0 aliphatic heterocycles. The maximum atomic E-state index is 11.7. The van der Waals surface area contributed by atoms with Gasteiger partial charge >= 0.3 is 0 Å². The molecule has 1 aromatic carbocycles. The molecule has 1 atom stereocenters. The average Bonchev–Trinajstić information content (AvgIpc) is 2.29. The lowest BCUT2D eigenvalue weighted by Gasteiger charge is -2.11. The summed E-state index contributed by atoms with van der Waals surface area (Å²) in [4.78, 5) is 15.1. The molecule has 0 heterocycles. The zero-order valence-corrected chi connectivity index (χ0v) is 9.60. The Labute approximate surface area is 99.1 Å². The molecule has 0 aliphatic rings. The van der Waals surface area contributed by atoms with Crippen molar-refractivity contribution in [3.05, 3.63) is 29.8 Å². The lowest BCUT2D eigenvalue weighted by molar-refractivity contribution is -0.00621. The van der Waals surface area contributed by atoms with Crippen LogP contribution in [0, 0.1) is 0 Å². The third-order valence-corrected chi connectivity index (χ3v) is 2.20. The molecule has 0 saturated heterocycles. The van der Waals surface area contributed by atoms with E-state index in [4.69, 9.17) is 0 Å². The molecule has 1 amide bonds. The number of rotatable bonds is 4. The Morgan fingerprint density at radius 3 is 2.35 bits per heavy atom. The summed E-state index contributed by atoms with van der Waals surface area (Å²) in [5.74, 6) is -0.0650. The average molecular weight is 253 g/mol. The molecule has 0 aliphatic carbocycles. The van der Waals surface area contributed by atoms with Gasteiger partial charge in [-0.2, -0.15) is 0 Å². The second-order valence-corrected chi connectivity index (χ2v) is 3.38. The van der Waals surface area contributed by atoms with Crippen LogP contribution in [0.15, 0.2) is 24.3 Å². The fourth-order valence-corrected chi connectivity index (χ4v) is 1.07. The Bertz CT molecular complexity index is 336. The van der Waals surface area contributed by atoms with Gasteiger partial charge in [0.15, 0.2) is 5.75 Å². The summed E-state index contributed by atoms with van der Waals surface area (Å²) in [6.07, 6.45) is 0.872. The Morgan fingerprint density at radius 2 is 1.94 bits per heavy atom. The van der Waals surface area contributed by atoms with Crippen molar-refractivity contribution in [3.8, 4) is 5.75 Å². The summed E-state index contributed by atoms with van der Waals surface area (Å²) in [5, 5.41) is 2.81. The van der Waals surface area contributed by atoms with E-state index in [1.54, 1.807) is 0 Å². The fraction of sp³-hybridized carbons (Fsp3) is 0.364. The number of carbonyl (C=O) groups is 1. The van der Waals surface area contributed by atoms with Crippen LogP contribution in [-0.2, 0) is 0 Å². The maximum Gasteiger partial charge on any atom is 0.251 e. The molecule has 0 spiro atoms. The van der Waals surface area contributed by atoms with Crippen molar-refractivity contribution < 1.29 is 25.1 Å². The molecule has 0 saturated carbocycles. The summed E-state index contributed by atoms with van der Waals surface area (Å²) >= 11 is 0. The molecule has 0 radical (unpaired) electrons. The quantitative estimate of drug-likeness (QED) is 0.895. The van der Waals surface area contributed by atoms with Crippen LogP contribution in [0.4, 0.5) is 13.9 Å². The minimum Gasteiger partial charge on any atom is -0.350 e. The molecular weight excluding hydrogens is 235 g/mol. The minimum absolute atomic E-state index is 0. The van der Waals surface area contributed by atoms with Gasteiger partial charge in [0.05, 0.1) is 0 Å². The highest BCUT2D eigenvalue weighted by atomic mass is 19.3. The number of hydrogen-bond donors (Lipinski definition) is 1. The van der Waals surface area contributed by atoms with Crippen molar-refractivity contribution in [2.45, 2.75) is 26.3 Å². The number of amides is 1.